The molecule has 0 N–H and O–H groups in total. The molecule has 3 nitrogen and oxygen atoms in total. The van der Waals surface area contributed by atoms with E-state index in [-0.39, 0.29) is 23.1 Å². The summed E-state index contributed by atoms with van der Waals surface area (Å²) in [6.45, 7) is 10.2. The Morgan fingerprint density at radius 3 is 2.39 bits per heavy atom. The zero-order chi connectivity index (χ0) is 13.6. The standard InChI is InChI=1S/C15H26O3/c1-11-7-10-15(17-11)13(3,4)8-6-9-14(15,5)18-12(2)16/h11H,6-10H2,1-5H3/t11?,14?,15-/m0/s1. The third kappa shape index (κ3) is 1.87. The van der Waals surface area contributed by atoms with Gasteiger partial charge >= 0.3 is 5.97 Å². The van der Waals surface area contributed by atoms with E-state index in [2.05, 4.69) is 27.7 Å². The van der Waals surface area contributed by atoms with E-state index in [0.29, 0.717) is 0 Å². The number of ether oxygens (including phenoxy) is 2. The minimum Gasteiger partial charge on any atom is -0.456 e. The highest BCUT2D eigenvalue weighted by molar-refractivity contribution is 5.66. The van der Waals surface area contributed by atoms with Crippen molar-refractivity contribution in [3.63, 3.8) is 0 Å². The molecule has 18 heavy (non-hydrogen) atoms. The summed E-state index contributed by atoms with van der Waals surface area (Å²) in [5, 5.41) is 0. The van der Waals surface area contributed by atoms with E-state index in [4.69, 9.17) is 9.47 Å². The van der Waals surface area contributed by atoms with Crippen LogP contribution in [0.5, 0.6) is 0 Å². The van der Waals surface area contributed by atoms with Crippen molar-refractivity contribution in [2.24, 2.45) is 5.41 Å². The van der Waals surface area contributed by atoms with Crippen LogP contribution in [0.3, 0.4) is 0 Å². The van der Waals surface area contributed by atoms with Crippen molar-refractivity contribution in [3.8, 4) is 0 Å². The number of hydrogen-bond donors (Lipinski definition) is 0. The first kappa shape index (κ1) is 13.9. The lowest BCUT2D eigenvalue weighted by atomic mass is 9.57. The molecule has 2 aliphatic rings. The lowest BCUT2D eigenvalue weighted by Crippen LogP contribution is -2.64. The van der Waals surface area contributed by atoms with E-state index in [9.17, 15) is 4.79 Å². The van der Waals surface area contributed by atoms with Crippen LogP contribution in [0.1, 0.15) is 66.7 Å². The molecule has 2 fully saturated rings. The highest BCUT2D eigenvalue weighted by Crippen LogP contribution is 2.58. The average molecular weight is 254 g/mol. The van der Waals surface area contributed by atoms with Gasteiger partial charge in [0.25, 0.3) is 0 Å². The van der Waals surface area contributed by atoms with Gasteiger partial charge in [-0.2, -0.15) is 0 Å². The van der Waals surface area contributed by atoms with Crippen LogP contribution in [0, 0.1) is 5.41 Å². The molecule has 0 radical (unpaired) electrons. The Bertz CT molecular complexity index is 350. The molecule has 0 aromatic heterocycles. The third-order valence-electron chi connectivity index (χ3n) is 5.08. The topological polar surface area (TPSA) is 35.5 Å². The van der Waals surface area contributed by atoms with Crippen molar-refractivity contribution in [3.05, 3.63) is 0 Å². The first-order valence-corrected chi connectivity index (χ1v) is 7.10. The predicted molar refractivity (Wildman–Crippen MR) is 70.3 cm³/mol. The largest absolute Gasteiger partial charge is 0.456 e. The molecule has 0 aromatic rings. The van der Waals surface area contributed by atoms with Gasteiger partial charge in [0, 0.05) is 6.92 Å². The van der Waals surface area contributed by atoms with Crippen molar-refractivity contribution in [2.45, 2.75) is 84.0 Å². The second-order valence-electron chi connectivity index (χ2n) is 6.86. The van der Waals surface area contributed by atoms with Crippen LogP contribution in [0.15, 0.2) is 0 Å². The molecule has 0 amide bonds. The maximum Gasteiger partial charge on any atom is 0.303 e. The van der Waals surface area contributed by atoms with Crippen LogP contribution in [-0.2, 0) is 14.3 Å². The molecular weight excluding hydrogens is 228 g/mol. The summed E-state index contributed by atoms with van der Waals surface area (Å²) < 4.78 is 12.1. The summed E-state index contributed by atoms with van der Waals surface area (Å²) in [6, 6.07) is 0. The fraction of sp³-hybridized carbons (Fsp3) is 0.933. The Hall–Kier alpha value is -0.570. The molecule has 0 aromatic carbocycles. The minimum absolute atomic E-state index is 0.0558. The van der Waals surface area contributed by atoms with Crippen LogP contribution >= 0.6 is 0 Å². The van der Waals surface area contributed by atoms with Gasteiger partial charge < -0.3 is 9.47 Å². The lowest BCUT2D eigenvalue weighted by Gasteiger charge is -2.57. The van der Waals surface area contributed by atoms with Crippen LogP contribution in [0.25, 0.3) is 0 Å². The number of hydrogen-bond acceptors (Lipinski definition) is 3. The third-order valence-corrected chi connectivity index (χ3v) is 5.08. The summed E-state index contributed by atoms with van der Waals surface area (Å²) >= 11 is 0. The van der Waals surface area contributed by atoms with E-state index in [1.54, 1.807) is 0 Å². The SMILES string of the molecule is CC(=O)OC1(C)CCCC(C)(C)[C@@]12CCC(C)O2. The first-order valence-electron chi connectivity index (χ1n) is 7.10. The molecule has 3 heteroatoms. The van der Waals surface area contributed by atoms with Crippen molar-refractivity contribution < 1.29 is 14.3 Å². The molecule has 1 saturated heterocycles. The normalized spacial score (nSPS) is 43.1. The Morgan fingerprint density at radius 1 is 1.22 bits per heavy atom. The predicted octanol–water partition coefficient (Wildman–Crippen LogP) is 3.46. The molecule has 104 valence electrons. The summed E-state index contributed by atoms with van der Waals surface area (Å²) in [4.78, 5) is 11.5. The zero-order valence-corrected chi connectivity index (χ0v) is 12.3. The van der Waals surface area contributed by atoms with Gasteiger partial charge in [0.2, 0.25) is 0 Å². The number of carbonyl (C=O) groups is 1. The van der Waals surface area contributed by atoms with Crippen LogP contribution < -0.4 is 0 Å². The smallest absolute Gasteiger partial charge is 0.303 e. The van der Waals surface area contributed by atoms with Gasteiger partial charge in [-0.25, -0.2) is 0 Å². The Labute approximate surface area is 110 Å². The maximum atomic E-state index is 11.5. The van der Waals surface area contributed by atoms with Gasteiger partial charge in [0.05, 0.1) is 6.10 Å². The lowest BCUT2D eigenvalue weighted by molar-refractivity contribution is -0.251. The molecule has 2 unspecified atom stereocenters. The van der Waals surface area contributed by atoms with Gasteiger partial charge in [0.15, 0.2) is 0 Å². The Kier molecular flexibility index (Phi) is 3.25. The molecule has 1 heterocycles. The average Bonchev–Trinajstić information content (AvgIpc) is 2.59. The quantitative estimate of drug-likeness (QED) is 0.672. The maximum absolute atomic E-state index is 11.5. The summed E-state index contributed by atoms with van der Waals surface area (Å²) in [5.74, 6) is -0.197. The number of esters is 1. The van der Waals surface area contributed by atoms with E-state index >= 15 is 0 Å². The van der Waals surface area contributed by atoms with Crippen molar-refractivity contribution in [2.75, 3.05) is 0 Å². The van der Waals surface area contributed by atoms with Crippen molar-refractivity contribution in [1.82, 2.24) is 0 Å². The van der Waals surface area contributed by atoms with E-state index in [1.807, 2.05) is 0 Å². The molecule has 1 spiro atoms. The molecule has 0 bridgehead atoms. The molecule has 1 aliphatic heterocycles. The molecule has 3 atom stereocenters. The summed E-state index contributed by atoms with van der Waals surface area (Å²) in [7, 11) is 0. The first-order chi connectivity index (χ1) is 8.22. The second-order valence-corrected chi connectivity index (χ2v) is 6.86. The zero-order valence-electron chi connectivity index (χ0n) is 12.3. The van der Waals surface area contributed by atoms with E-state index < -0.39 is 5.60 Å². The summed E-state index contributed by atoms with van der Waals surface area (Å²) in [5.41, 5.74) is -0.741. The number of carbonyl (C=O) groups excluding carboxylic acids is 1. The van der Waals surface area contributed by atoms with Gasteiger partial charge in [0.1, 0.15) is 11.2 Å². The van der Waals surface area contributed by atoms with Gasteiger partial charge in [-0.05, 0) is 51.4 Å². The second kappa shape index (κ2) is 4.22. The molecule has 2 rings (SSSR count). The Balaban J connectivity index is 2.40. The van der Waals surface area contributed by atoms with Crippen LogP contribution in [0.4, 0.5) is 0 Å². The van der Waals surface area contributed by atoms with Gasteiger partial charge in [-0.15, -0.1) is 0 Å². The molecular formula is C15H26O3. The van der Waals surface area contributed by atoms with Crippen molar-refractivity contribution >= 4 is 5.97 Å². The Morgan fingerprint density at radius 2 is 1.89 bits per heavy atom. The highest BCUT2D eigenvalue weighted by Gasteiger charge is 2.64. The number of rotatable bonds is 1. The monoisotopic (exact) mass is 254 g/mol. The van der Waals surface area contributed by atoms with E-state index in [1.165, 1.54) is 6.92 Å². The van der Waals surface area contributed by atoms with Crippen molar-refractivity contribution in [1.29, 1.82) is 0 Å². The molecule has 1 saturated carbocycles. The van der Waals surface area contributed by atoms with E-state index in [0.717, 1.165) is 32.1 Å². The van der Waals surface area contributed by atoms with Crippen LogP contribution in [0.2, 0.25) is 0 Å². The van der Waals surface area contributed by atoms with Gasteiger partial charge in [-0.3, -0.25) is 4.79 Å². The highest BCUT2D eigenvalue weighted by atomic mass is 16.6. The molecule has 1 aliphatic carbocycles. The minimum atomic E-state index is -0.481. The fourth-order valence-electron chi connectivity index (χ4n) is 4.19. The van der Waals surface area contributed by atoms with Gasteiger partial charge in [-0.1, -0.05) is 13.8 Å². The summed E-state index contributed by atoms with van der Waals surface area (Å²) in [6.07, 6.45) is 5.44. The van der Waals surface area contributed by atoms with Crippen LogP contribution in [-0.4, -0.2) is 23.3 Å². The fourth-order valence-corrected chi connectivity index (χ4v) is 4.19.